The lowest BCUT2D eigenvalue weighted by Gasteiger charge is -2.09. The molecule has 0 aliphatic rings. The number of nitrogens with zero attached hydrogens (tertiary/aromatic N) is 3. The fourth-order valence-electron chi connectivity index (χ4n) is 3.80. The molecule has 5 aromatic rings. The van der Waals surface area contributed by atoms with E-state index in [0.717, 1.165) is 11.1 Å². The number of fused-ring (bicyclic) bond motifs is 1. The van der Waals surface area contributed by atoms with Crippen LogP contribution in [0.5, 0.6) is 0 Å². The number of aromatic nitrogens is 3. The molecule has 5 rings (SSSR count). The van der Waals surface area contributed by atoms with Crippen LogP contribution in [0.4, 0.5) is 0 Å². The van der Waals surface area contributed by atoms with Gasteiger partial charge in [0.05, 0.1) is 28.3 Å². The number of thiazole rings is 1. The van der Waals surface area contributed by atoms with Crippen LogP contribution in [0.25, 0.3) is 21.3 Å². The number of hydrogen-bond donors (Lipinski definition) is 2. The molecule has 14 heteroatoms. The van der Waals surface area contributed by atoms with E-state index in [1.54, 1.807) is 30.3 Å². The predicted molar refractivity (Wildman–Crippen MR) is 144 cm³/mol. The maximum absolute atomic E-state index is 13.6. The van der Waals surface area contributed by atoms with Gasteiger partial charge in [0, 0.05) is 5.02 Å². The summed E-state index contributed by atoms with van der Waals surface area (Å²) in [5, 5.41) is 13.7. The molecule has 0 aliphatic carbocycles. The fraction of sp³-hybridized carbons (Fsp3) is 0.125. The standard InChI is InChI=1S/C24H20ClN5O5S3/c25-18-8-4-5-15(9-18)14-37(31,32)20-11-17(16-6-2-1-3-7-16)10-19-24(20)28-23(36-19)12-21-29-30-22(35-21)13-27-38(26,33)34/h1-11,27H,12-14H2,(H2,26,33,34). The Hall–Kier alpha value is -3.20. The number of benzene rings is 3. The summed E-state index contributed by atoms with van der Waals surface area (Å²) >= 11 is 7.39. The molecular weight excluding hydrogens is 570 g/mol. The van der Waals surface area contributed by atoms with Crippen molar-refractivity contribution in [2.75, 3.05) is 0 Å². The monoisotopic (exact) mass is 589 g/mol. The van der Waals surface area contributed by atoms with Gasteiger partial charge in [-0.2, -0.15) is 13.1 Å². The Kier molecular flexibility index (Phi) is 7.31. The summed E-state index contributed by atoms with van der Waals surface area (Å²) in [4.78, 5) is 4.73. The molecule has 3 aromatic carbocycles. The minimum absolute atomic E-state index is 0.0336. The van der Waals surface area contributed by atoms with E-state index in [1.165, 1.54) is 11.3 Å². The lowest BCUT2D eigenvalue weighted by atomic mass is 10.1. The summed E-state index contributed by atoms with van der Waals surface area (Å²) in [6.45, 7) is -0.252. The molecule has 2 aromatic heterocycles. The molecular formula is C24H20ClN5O5S3. The Morgan fingerprint density at radius 3 is 2.42 bits per heavy atom. The second kappa shape index (κ2) is 10.5. The number of nitrogens with one attached hydrogen (secondary N) is 1. The lowest BCUT2D eigenvalue weighted by Crippen LogP contribution is -2.30. The lowest BCUT2D eigenvalue weighted by molar-refractivity contribution is 0.451. The molecule has 3 N–H and O–H groups in total. The van der Waals surface area contributed by atoms with Crippen molar-refractivity contribution in [3.63, 3.8) is 0 Å². The van der Waals surface area contributed by atoms with Gasteiger partial charge in [-0.15, -0.1) is 21.5 Å². The maximum Gasteiger partial charge on any atom is 0.274 e. The van der Waals surface area contributed by atoms with E-state index >= 15 is 0 Å². The second-order valence-corrected chi connectivity index (χ2v) is 13.2. The number of nitrogens with two attached hydrogens (primary N) is 1. The molecule has 38 heavy (non-hydrogen) atoms. The molecule has 0 bridgehead atoms. The Bertz CT molecular complexity index is 1840. The minimum Gasteiger partial charge on any atom is -0.423 e. The first-order valence-corrected chi connectivity index (χ1v) is 15.5. The third-order valence-corrected chi connectivity index (χ3v) is 8.91. The smallest absolute Gasteiger partial charge is 0.274 e. The first kappa shape index (κ1) is 26.4. The molecule has 196 valence electrons. The highest BCUT2D eigenvalue weighted by molar-refractivity contribution is 7.91. The van der Waals surface area contributed by atoms with Crippen LogP contribution in [-0.4, -0.2) is 32.0 Å². The van der Waals surface area contributed by atoms with Crippen molar-refractivity contribution in [1.82, 2.24) is 19.9 Å². The zero-order chi connectivity index (χ0) is 26.9. The average Bonchev–Trinajstić information content (AvgIpc) is 3.48. The van der Waals surface area contributed by atoms with Crippen molar-refractivity contribution in [2.45, 2.75) is 23.6 Å². The molecule has 0 spiro atoms. The van der Waals surface area contributed by atoms with Crippen LogP contribution in [-0.2, 0) is 38.8 Å². The Morgan fingerprint density at radius 2 is 1.68 bits per heavy atom. The highest BCUT2D eigenvalue weighted by Crippen LogP contribution is 2.35. The highest BCUT2D eigenvalue weighted by atomic mass is 35.5. The van der Waals surface area contributed by atoms with Gasteiger partial charge in [0.15, 0.2) is 9.84 Å². The van der Waals surface area contributed by atoms with Gasteiger partial charge in [0.25, 0.3) is 10.2 Å². The number of hydrogen-bond acceptors (Lipinski definition) is 9. The van der Waals surface area contributed by atoms with Crippen LogP contribution in [0.15, 0.2) is 76.0 Å². The van der Waals surface area contributed by atoms with Gasteiger partial charge in [0.2, 0.25) is 11.8 Å². The second-order valence-electron chi connectivity index (χ2n) is 8.32. The highest BCUT2D eigenvalue weighted by Gasteiger charge is 2.23. The quantitative estimate of drug-likeness (QED) is 0.262. The van der Waals surface area contributed by atoms with Crippen LogP contribution >= 0.6 is 22.9 Å². The van der Waals surface area contributed by atoms with Gasteiger partial charge in [-0.05, 0) is 41.0 Å². The van der Waals surface area contributed by atoms with Gasteiger partial charge in [0.1, 0.15) is 10.5 Å². The van der Waals surface area contributed by atoms with E-state index < -0.39 is 20.0 Å². The summed E-state index contributed by atoms with van der Waals surface area (Å²) in [5.41, 5.74) is 2.53. The van der Waals surface area contributed by atoms with Crippen molar-refractivity contribution in [3.05, 3.63) is 94.1 Å². The summed E-state index contributed by atoms with van der Waals surface area (Å²) in [5.74, 6) is -0.00846. The summed E-state index contributed by atoms with van der Waals surface area (Å²) < 4.78 is 57.7. The first-order valence-electron chi connectivity index (χ1n) is 11.1. The van der Waals surface area contributed by atoms with Crippen LogP contribution in [0.2, 0.25) is 5.02 Å². The summed E-state index contributed by atoms with van der Waals surface area (Å²) in [7, 11) is -7.72. The maximum atomic E-state index is 13.6. The SMILES string of the molecule is NS(=O)(=O)NCc1nnc(Cc2nc3c(S(=O)(=O)Cc4cccc(Cl)c4)cc(-c4ccccc4)cc3s2)o1. The minimum atomic E-state index is -3.91. The third kappa shape index (κ3) is 6.26. The Labute approximate surface area is 227 Å². The van der Waals surface area contributed by atoms with Crippen LogP contribution in [0, 0.1) is 0 Å². The fourth-order valence-corrected chi connectivity index (χ4v) is 6.96. The number of sulfone groups is 1. The summed E-state index contributed by atoms with van der Waals surface area (Å²) in [6.07, 6.45) is 0.135. The van der Waals surface area contributed by atoms with Gasteiger partial charge < -0.3 is 4.42 Å². The van der Waals surface area contributed by atoms with Crippen molar-refractivity contribution in [1.29, 1.82) is 0 Å². The molecule has 0 unspecified atom stereocenters. The van der Waals surface area contributed by atoms with Crippen LogP contribution < -0.4 is 9.86 Å². The van der Waals surface area contributed by atoms with Crippen molar-refractivity contribution in [2.24, 2.45) is 5.14 Å². The first-order chi connectivity index (χ1) is 18.1. The Balaban J connectivity index is 1.53. The molecule has 0 amide bonds. The molecule has 2 heterocycles. The van der Waals surface area contributed by atoms with Crippen molar-refractivity contribution >= 4 is 53.2 Å². The zero-order valence-electron chi connectivity index (χ0n) is 19.5. The average molecular weight is 590 g/mol. The zero-order valence-corrected chi connectivity index (χ0v) is 22.7. The third-order valence-electron chi connectivity index (χ3n) is 5.43. The molecule has 0 radical (unpaired) electrons. The van der Waals surface area contributed by atoms with E-state index in [-0.39, 0.29) is 35.4 Å². The molecule has 0 aliphatic heterocycles. The van der Waals surface area contributed by atoms with E-state index in [4.69, 9.17) is 21.2 Å². The molecule has 0 fully saturated rings. The molecule has 0 saturated carbocycles. The van der Waals surface area contributed by atoms with Crippen molar-refractivity contribution < 1.29 is 21.3 Å². The molecule has 0 saturated heterocycles. The number of halogens is 1. The number of rotatable bonds is 9. The predicted octanol–water partition coefficient (Wildman–Crippen LogP) is 3.86. The van der Waals surface area contributed by atoms with E-state index in [1.807, 2.05) is 36.4 Å². The summed E-state index contributed by atoms with van der Waals surface area (Å²) in [6, 6.07) is 19.8. The van der Waals surface area contributed by atoms with Gasteiger partial charge in [-0.1, -0.05) is 54.1 Å². The van der Waals surface area contributed by atoms with E-state index in [0.29, 0.717) is 25.8 Å². The van der Waals surface area contributed by atoms with Gasteiger partial charge in [-0.25, -0.2) is 18.5 Å². The van der Waals surface area contributed by atoms with E-state index in [2.05, 4.69) is 19.9 Å². The van der Waals surface area contributed by atoms with Crippen LogP contribution in [0.3, 0.4) is 0 Å². The van der Waals surface area contributed by atoms with Crippen LogP contribution in [0.1, 0.15) is 22.4 Å². The van der Waals surface area contributed by atoms with Crippen molar-refractivity contribution in [3.8, 4) is 11.1 Å². The topological polar surface area (TPSA) is 158 Å². The van der Waals surface area contributed by atoms with Gasteiger partial charge in [-0.3, -0.25) is 0 Å². The van der Waals surface area contributed by atoms with Gasteiger partial charge >= 0.3 is 0 Å². The molecule has 10 nitrogen and oxygen atoms in total. The Morgan fingerprint density at radius 1 is 0.921 bits per heavy atom. The van der Waals surface area contributed by atoms with E-state index in [9.17, 15) is 16.8 Å². The normalized spacial score (nSPS) is 12.3. The molecule has 0 atom stereocenters. The largest absolute Gasteiger partial charge is 0.423 e.